The van der Waals surface area contributed by atoms with Crippen molar-refractivity contribution in [1.82, 2.24) is 15.2 Å². The molecule has 0 fully saturated rings. The van der Waals surface area contributed by atoms with Gasteiger partial charge in [-0.05, 0) is 29.8 Å². The largest absolute Gasteiger partial charge is 0.384 e. The minimum Gasteiger partial charge on any atom is -0.384 e. The highest BCUT2D eigenvalue weighted by Crippen LogP contribution is 2.28. The van der Waals surface area contributed by atoms with E-state index in [4.69, 9.17) is 5.73 Å². The molecular weight excluding hydrogens is 317 g/mol. The first-order chi connectivity index (χ1) is 12.2. The molecule has 0 aliphatic heterocycles. The Morgan fingerprint density at radius 1 is 1.08 bits per heavy atom. The average Bonchev–Trinajstić information content (AvgIpc) is 3.13. The predicted molar refractivity (Wildman–Crippen MR) is 97.5 cm³/mol. The maximum absolute atomic E-state index is 13.3. The van der Waals surface area contributed by atoms with E-state index in [1.807, 2.05) is 30.3 Å². The van der Waals surface area contributed by atoms with Crippen LogP contribution in [0.3, 0.4) is 0 Å². The Kier molecular flexibility index (Phi) is 3.78. The molecule has 2 aromatic heterocycles. The molecule has 2 aromatic carbocycles. The summed E-state index contributed by atoms with van der Waals surface area (Å²) in [6, 6.07) is 16.2. The molecule has 6 heteroatoms. The quantitative estimate of drug-likeness (QED) is 0.528. The number of nitrogen functional groups attached to an aromatic ring is 1. The van der Waals surface area contributed by atoms with Gasteiger partial charge in [-0.15, -0.1) is 0 Å². The molecule has 0 amide bonds. The number of aromatic nitrogens is 3. The molecule has 0 atom stereocenters. The third-order valence-corrected chi connectivity index (χ3v) is 4.01. The summed E-state index contributed by atoms with van der Waals surface area (Å²) in [5.41, 5.74) is 10.4. The van der Waals surface area contributed by atoms with Crippen molar-refractivity contribution in [2.45, 2.75) is 6.54 Å². The van der Waals surface area contributed by atoms with Crippen LogP contribution in [0.4, 0.5) is 15.9 Å². The second-order valence-corrected chi connectivity index (χ2v) is 5.78. The van der Waals surface area contributed by atoms with Crippen molar-refractivity contribution in [3.05, 3.63) is 72.2 Å². The topological polar surface area (TPSA) is 79.6 Å². The van der Waals surface area contributed by atoms with Crippen molar-refractivity contribution in [3.63, 3.8) is 0 Å². The number of rotatable bonds is 4. The molecule has 0 bridgehead atoms. The summed E-state index contributed by atoms with van der Waals surface area (Å²) in [4.78, 5) is 4.42. The molecule has 0 aliphatic rings. The molecule has 4 N–H and O–H groups in total. The molecule has 4 rings (SSSR count). The first-order valence-electron chi connectivity index (χ1n) is 7.87. The number of nitrogens with two attached hydrogens (primary N) is 1. The Labute approximate surface area is 143 Å². The second-order valence-electron chi connectivity index (χ2n) is 5.78. The van der Waals surface area contributed by atoms with Gasteiger partial charge in [-0.3, -0.25) is 5.10 Å². The van der Waals surface area contributed by atoms with Crippen molar-refractivity contribution in [2.75, 3.05) is 11.1 Å². The Hall–Kier alpha value is -3.41. The Bertz CT molecular complexity index is 1030. The first kappa shape index (κ1) is 15.1. The lowest BCUT2D eigenvalue weighted by molar-refractivity contribution is 0.626. The molecule has 25 heavy (non-hydrogen) atoms. The van der Waals surface area contributed by atoms with Crippen LogP contribution >= 0.6 is 0 Å². The number of halogens is 1. The van der Waals surface area contributed by atoms with E-state index in [-0.39, 0.29) is 5.82 Å². The molecule has 0 radical (unpaired) electrons. The predicted octanol–water partition coefficient (Wildman–Crippen LogP) is 3.96. The summed E-state index contributed by atoms with van der Waals surface area (Å²) < 4.78 is 13.3. The number of anilines is 2. The number of aromatic amines is 1. The van der Waals surface area contributed by atoms with Crippen molar-refractivity contribution in [2.24, 2.45) is 0 Å². The van der Waals surface area contributed by atoms with Gasteiger partial charge in [-0.1, -0.05) is 24.3 Å². The SMILES string of the molecule is Nc1cc(NCc2cccc(F)c2)c2ccc(-c3ccn[nH]3)cc2n1. The average molecular weight is 333 g/mol. The summed E-state index contributed by atoms with van der Waals surface area (Å²) in [7, 11) is 0. The number of nitrogens with zero attached hydrogens (tertiary/aromatic N) is 2. The zero-order valence-corrected chi connectivity index (χ0v) is 13.3. The zero-order chi connectivity index (χ0) is 17.2. The van der Waals surface area contributed by atoms with Crippen LogP contribution < -0.4 is 11.1 Å². The monoisotopic (exact) mass is 333 g/mol. The fraction of sp³-hybridized carbons (Fsp3) is 0.0526. The standard InChI is InChI=1S/C19H16FN5/c20-14-3-1-2-12(8-14)11-22-17-10-19(21)24-18-9-13(4-5-15(17)18)16-6-7-23-25-16/h1-10H,11H2,(H,23,25)(H3,21,22,24). The molecule has 0 unspecified atom stereocenters. The van der Waals surface area contributed by atoms with E-state index in [0.29, 0.717) is 12.4 Å². The minimum atomic E-state index is -0.248. The van der Waals surface area contributed by atoms with Crippen molar-refractivity contribution in [1.29, 1.82) is 0 Å². The van der Waals surface area contributed by atoms with Crippen LogP contribution in [0.5, 0.6) is 0 Å². The molecule has 5 nitrogen and oxygen atoms in total. The minimum absolute atomic E-state index is 0.248. The molecule has 124 valence electrons. The van der Waals surface area contributed by atoms with E-state index in [9.17, 15) is 4.39 Å². The summed E-state index contributed by atoms with van der Waals surface area (Å²) in [6.45, 7) is 0.499. The van der Waals surface area contributed by atoms with Gasteiger partial charge in [0, 0.05) is 35.4 Å². The summed E-state index contributed by atoms with van der Waals surface area (Å²) in [6.07, 6.45) is 1.71. The third-order valence-electron chi connectivity index (χ3n) is 4.01. The maximum Gasteiger partial charge on any atom is 0.126 e. The highest BCUT2D eigenvalue weighted by atomic mass is 19.1. The second kappa shape index (κ2) is 6.24. The van der Waals surface area contributed by atoms with E-state index in [1.165, 1.54) is 12.1 Å². The van der Waals surface area contributed by atoms with Gasteiger partial charge >= 0.3 is 0 Å². The zero-order valence-electron chi connectivity index (χ0n) is 13.3. The van der Waals surface area contributed by atoms with Gasteiger partial charge < -0.3 is 11.1 Å². The molecule has 0 spiro atoms. The third kappa shape index (κ3) is 3.14. The Morgan fingerprint density at radius 2 is 2.00 bits per heavy atom. The summed E-state index contributed by atoms with van der Waals surface area (Å²) in [5, 5.41) is 11.2. The first-order valence-corrected chi connectivity index (χ1v) is 7.87. The Morgan fingerprint density at radius 3 is 2.80 bits per heavy atom. The van der Waals surface area contributed by atoms with Gasteiger partial charge in [-0.2, -0.15) is 5.10 Å². The lowest BCUT2D eigenvalue weighted by Gasteiger charge is -2.12. The van der Waals surface area contributed by atoms with Gasteiger partial charge in [0.05, 0.1) is 11.2 Å². The van der Waals surface area contributed by atoms with Gasteiger partial charge in [0.2, 0.25) is 0 Å². The molecular formula is C19H16FN5. The van der Waals surface area contributed by atoms with Crippen LogP contribution in [0.25, 0.3) is 22.2 Å². The fourth-order valence-electron chi connectivity index (χ4n) is 2.82. The summed E-state index contributed by atoms with van der Waals surface area (Å²) >= 11 is 0. The van der Waals surface area contributed by atoms with Gasteiger partial charge in [0.25, 0.3) is 0 Å². The van der Waals surface area contributed by atoms with E-state index in [1.54, 1.807) is 18.3 Å². The van der Waals surface area contributed by atoms with E-state index >= 15 is 0 Å². The molecule has 0 saturated heterocycles. The van der Waals surface area contributed by atoms with E-state index in [2.05, 4.69) is 20.5 Å². The number of pyridine rings is 1. The smallest absolute Gasteiger partial charge is 0.126 e. The highest BCUT2D eigenvalue weighted by molar-refractivity contribution is 5.95. The summed E-state index contributed by atoms with van der Waals surface area (Å²) in [5.74, 6) is 0.179. The number of nitrogens with one attached hydrogen (secondary N) is 2. The van der Waals surface area contributed by atoms with Crippen LogP contribution in [0.2, 0.25) is 0 Å². The van der Waals surface area contributed by atoms with Crippen LogP contribution in [0.15, 0.2) is 60.8 Å². The normalized spacial score (nSPS) is 10.9. The maximum atomic E-state index is 13.3. The fourth-order valence-corrected chi connectivity index (χ4v) is 2.82. The van der Waals surface area contributed by atoms with Crippen LogP contribution in [0.1, 0.15) is 5.56 Å². The van der Waals surface area contributed by atoms with E-state index < -0.39 is 0 Å². The van der Waals surface area contributed by atoms with E-state index in [0.717, 1.165) is 33.4 Å². The van der Waals surface area contributed by atoms with Crippen molar-refractivity contribution in [3.8, 4) is 11.3 Å². The molecule has 0 saturated carbocycles. The lowest BCUT2D eigenvalue weighted by atomic mass is 10.1. The lowest BCUT2D eigenvalue weighted by Crippen LogP contribution is -2.02. The van der Waals surface area contributed by atoms with Gasteiger partial charge in [-0.25, -0.2) is 9.37 Å². The highest BCUT2D eigenvalue weighted by Gasteiger charge is 2.07. The number of hydrogen-bond donors (Lipinski definition) is 3. The molecule has 0 aliphatic carbocycles. The molecule has 2 heterocycles. The van der Waals surface area contributed by atoms with Crippen LogP contribution in [0, 0.1) is 5.82 Å². The van der Waals surface area contributed by atoms with Crippen LogP contribution in [-0.2, 0) is 6.54 Å². The number of fused-ring (bicyclic) bond motifs is 1. The number of H-pyrrole nitrogens is 1. The van der Waals surface area contributed by atoms with Gasteiger partial charge in [0.1, 0.15) is 11.6 Å². The molecule has 4 aromatic rings. The number of benzene rings is 2. The van der Waals surface area contributed by atoms with Crippen molar-refractivity contribution >= 4 is 22.4 Å². The van der Waals surface area contributed by atoms with Crippen LogP contribution in [-0.4, -0.2) is 15.2 Å². The number of hydrogen-bond acceptors (Lipinski definition) is 4. The Balaban J connectivity index is 1.68. The van der Waals surface area contributed by atoms with Gasteiger partial charge in [0.15, 0.2) is 0 Å². The van der Waals surface area contributed by atoms with Crippen molar-refractivity contribution < 1.29 is 4.39 Å².